The SMILES string of the molecule is CNc1nc(N2CCN(C(C)c3ccc4c(c3)OCC4)CC2)ncc1F. The van der Waals surface area contributed by atoms with Gasteiger partial charge in [-0.15, -0.1) is 0 Å². The second-order valence-corrected chi connectivity index (χ2v) is 6.78. The monoisotopic (exact) mass is 357 g/mol. The van der Waals surface area contributed by atoms with Crippen molar-refractivity contribution in [3.8, 4) is 5.75 Å². The molecule has 6 nitrogen and oxygen atoms in total. The van der Waals surface area contributed by atoms with Gasteiger partial charge in [-0.1, -0.05) is 12.1 Å². The van der Waals surface area contributed by atoms with Crippen LogP contribution in [0.25, 0.3) is 0 Å². The Labute approximate surface area is 153 Å². The van der Waals surface area contributed by atoms with Crippen molar-refractivity contribution in [1.29, 1.82) is 0 Å². The van der Waals surface area contributed by atoms with Gasteiger partial charge in [0.05, 0.1) is 12.8 Å². The Morgan fingerprint density at radius 2 is 2.04 bits per heavy atom. The number of hydrogen-bond donors (Lipinski definition) is 1. The minimum absolute atomic E-state index is 0.240. The van der Waals surface area contributed by atoms with Crippen LogP contribution in [-0.4, -0.2) is 54.7 Å². The predicted molar refractivity (Wildman–Crippen MR) is 99.4 cm³/mol. The highest BCUT2D eigenvalue weighted by Gasteiger charge is 2.25. The fourth-order valence-electron chi connectivity index (χ4n) is 3.65. The minimum atomic E-state index is -0.428. The van der Waals surface area contributed by atoms with Gasteiger partial charge in [0.15, 0.2) is 11.6 Å². The van der Waals surface area contributed by atoms with Crippen molar-refractivity contribution >= 4 is 11.8 Å². The van der Waals surface area contributed by atoms with Gasteiger partial charge in [-0.2, -0.15) is 4.98 Å². The maximum absolute atomic E-state index is 13.6. The van der Waals surface area contributed by atoms with E-state index in [0.29, 0.717) is 12.0 Å². The zero-order chi connectivity index (χ0) is 18.1. The molecule has 1 saturated heterocycles. The number of aromatic nitrogens is 2. The molecule has 2 aliphatic heterocycles. The van der Waals surface area contributed by atoms with E-state index >= 15 is 0 Å². The molecular formula is C19H24FN5O. The van der Waals surface area contributed by atoms with E-state index < -0.39 is 5.82 Å². The Balaban J connectivity index is 1.41. The molecule has 1 aromatic carbocycles. The molecule has 26 heavy (non-hydrogen) atoms. The molecule has 7 heteroatoms. The van der Waals surface area contributed by atoms with E-state index in [9.17, 15) is 4.39 Å². The third kappa shape index (κ3) is 3.19. The number of rotatable bonds is 4. The standard InChI is InChI=1S/C19H24FN5O/c1-13(15-4-3-14-5-10-26-17(14)11-15)24-6-8-25(9-7-24)19-22-12-16(20)18(21-2)23-19/h3-4,11-13H,5-10H2,1-2H3,(H,21,22,23). The molecule has 2 aromatic rings. The van der Waals surface area contributed by atoms with Gasteiger partial charge in [0.2, 0.25) is 5.95 Å². The number of hydrogen-bond acceptors (Lipinski definition) is 6. The van der Waals surface area contributed by atoms with E-state index in [4.69, 9.17) is 4.74 Å². The number of nitrogens with one attached hydrogen (secondary N) is 1. The number of piperazine rings is 1. The van der Waals surface area contributed by atoms with Crippen LogP contribution >= 0.6 is 0 Å². The molecule has 0 radical (unpaired) electrons. The highest BCUT2D eigenvalue weighted by molar-refractivity contribution is 5.43. The molecule has 3 heterocycles. The average molecular weight is 357 g/mol. The lowest BCUT2D eigenvalue weighted by Crippen LogP contribution is -2.47. The summed E-state index contributed by atoms with van der Waals surface area (Å²) in [7, 11) is 1.66. The van der Waals surface area contributed by atoms with Gasteiger partial charge in [-0.25, -0.2) is 9.37 Å². The first-order valence-corrected chi connectivity index (χ1v) is 9.10. The molecule has 0 saturated carbocycles. The summed E-state index contributed by atoms with van der Waals surface area (Å²) in [4.78, 5) is 13.0. The van der Waals surface area contributed by atoms with Crippen LogP contribution in [0.15, 0.2) is 24.4 Å². The molecule has 0 bridgehead atoms. The third-order valence-electron chi connectivity index (χ3n) is 5.32. The average Bonchev–Trinajstić information content (AvgIpc) is 3.16. The fraction of sp³-hybridized carbons (Fsp3) is 0.474. The van der Waals surface area contributed by atoms with Crippen LogP contribution in [0.1, 0.15) is 24.1 Å². The molecule has 138 valence electrons. The van der Waals surface area contributed by atoms with Crippen LogP contribution < -0.4 is 15.0 Å². The van der Waals surface area contributed by atoms with Crippen molar-refractivity contribution in [1.82, 2.24) is 14.9 Å². The summed E-state index contributed by atoms with van der Waals surface area (Å²) in [5, 5.41) is 2.77. The lowest BCUT2D eigenvalue weighted by molar-refractivity contribution is 0.197. The number of anilines is 2. The number of ether oxygens (including phenoxy) is 1. The normalized spacial score (nSPS) is 18.3. The Morgan fingerprint density at radius 3 is 2.81 bits per heavy atom. The van der Waals surface area contributed by atoms with Gasteiger partial charge in [-0.05, 0) is 24.1 Å². The van der Waals surface area contributed by atoms with Crippen molar-refractivity contribution in [3.63, 3.8) is 0 Å². The van der Waals surface area contributed by atoms with Crippen LogP contribution in [0.5, 0.6) is 5.75 Å². The van der Waals surface area contributed by atoms with Gasteiger partial charge >= 0.3 is 0 Å². The summed E-state index contributed by atoms with van der Waals surface area (Å²) < 4.78 is 19.3. The Hall–Kier alpha value is -2.41. The third-order valence-corrected chi connectivity index (χ3v) is 5.32. The molecule has 2 aliphatic rings. The van der Waals surface area contributed by atoms with E-state index in [2.05, 4.69) is 50.2 Å². The molecular weight excluding hydrogens is 333 g/mol. The molecule has 0 aliphatic carbocycles. The van der Waals surface area contributed by atoms with Gasteiger partial charge in [0, 0.05) is 45.7 Å². The van der Waals surface area contributed by atoms with Crippen molar-refractivity contribution in [2.45, 2.75) is 19.4 Å². The minimum Gasteiger partial charge on any atom is -0.493 e. The van der Waals surface area contributed by atoms with Crippen molar-refractivity contribution in [2.24, 2.45) is 0 Å². The fourth-order valence-corrected chi connectivity index (χ4v) is 3.65. The maximum atomic E-state index is 13.6. The molecule has 1 atom stereocenters. The van der Waals surface area contributed by atoms with Crippen molar-refractivity contribution in [2.75, 3.05) is 50.1 Å². The first kappa shape index (κ1) is 17.0. The number of benzene rings is 1. The molecule has 1 aromatic heterocycles. The summed E-state index contributed by atoms with van der Waals surface area (Å²) in [5.74, 6) is 1.42. The van der Waals surface area contributed by atoms with Gasteiger partial charge in [-0.3, -0.25) is 4.90 Å². The first-order valence-electron chi connectivity index (χ1n) is 9.10. The van der Waals surface area contributed by atoms with E-state index in [1.807, 2.05) is 0 Å². The molecule has 4 rings (SSSR count). The molecule has 1 fully saturated rings. The van der Waals surface area contributed by atoms with Crippen LogP contribution in [0, 0.1) is 5.82 Å². The summed E-state index contributed by atoms with van der Waals surface area (Å²) in [5.41, 5.74) is 2.59. The summed E-state index contributed by atoms with van der Waals surface area (Å²) in [6.45, 7) is 6.49. The number of fused-ring (bicyclic) bond motifs is 1. The van der Waals surface area contributed by atoms with Gasteiger partial charge in [0.1, 0.15) is 5.75 Å². The van der Waals surface area contributed by atoms with Crippen LogP contribution in [-0.2, 0) is 6.42 Å². The molecule has 0 amide bonds. The van der Waals surface area contributed by atoms with Crippen LogP contribution in [0.4, 0.5) is 16.2 Å². The molecule has 1 N–H and O–H groups in total. The highest BCUT2D eigenvalue weighted by Crippen LogP contribution is 2.31. The van der Waals surface area contributed by atoms with E-state index in [0.717, 1.165) is 45.0 Å². The van der Waals surface area contributed by atoms with Gasteiger partial charge < -0.3 is 15.0 Å². The quantitative estimate of drug-likeness (QED) is 0.907. The van der Waals surface area contributed by atoms with Crippen molar-refractivity contribution in [3.05, 3.63) is 41.3 Å². The second-order valence-electron chi connectivity index (χ2n) is 6.78. The Morgan fingerprint density at radius 1 is 1.23 bits per heavy atom. The van der Waals surface area contributed by atoms with E-state index in [1.54, 1.807) is 7.05 Å². The summed E-state index contributed by atoms with van der Waals surface area (Å²) >= 11 is 0. The van der Waals surface area contributed by atoms with Crippen LogP contribution in [0.2, 0.25) is 0 Å². The van der Waals surface area contributed by atoms with E-state index in [1.165, 1.54) is 17.3 Å². The lowest BCUT2D eigenvalue weighted by atomic mass is 10.0. The zero-order valence-corrected chi connectivity index (χ0v) is 15.2. The smallest absolute Gasteiger partial charge is 0.227 e. The lowest BCUT2D eigenvalue weighted by Gasteiger charge is -2.38. The Bertz CT molecular complexity index is 791. The predicted octanol–water partition coefficient (Wildman–Crippen LogP) is 2.48. The topological polar surface area (TPSA) is 53.5 Å². The highest BCUT2D eigenvalue weighted by atomic mass is 19.1. The van der Waals surface area contributed by atoms with E-state index in [-0.39, 0.29) is 5.82 Å². The zero-order valence-electron chi connectivity index (χ0n) is 15.2. The largest absolute Gasteiger partial charge is 0.493 e. The number of halogens is 1. The maximum Gasteiger partial charge on any atom is 0.227 e. The number of nitrogens with zero attached hydrogens (tertiary/aromatic N) is 4. The Kier molecular flexibility index (Phi) is 4.63. The van der Waals surface area contributed by atoms with Gasteiger partial charge in [0.25, 0.3) is 0 Å². The summed E-state index contributed by atoms with van der Waals surface area (Å²) in [6.07, 6.45) is 2.24. The van der Waals surface area contributed by atoms with Crippen LogP contribution in [0.3, 0.4) is 0 Å². The molecule has 1 unspecified atom stereocenters. The van der Waals surface area contributed by atoms with Crippen molar-refractivity contribution < 1.29 is 9.13 Å². The second kappa shape index (κ2) is 7.07. The first-order chi connectivity index (χ1) is 12.7. The summed E-state index contributed by atoms with van der Waals surface area (Å²) in [6, 6.07) is 6.92. The molecule has 0 spiro atoms.